The first-order valence-electron chi connectivity index (χ1n) is 7.03. The second kappa shape index (κ2) is 6.67. The first-order valence-corrected chi connectivity index (χ1v) is 7.41. The van der Waals surface area contributed by atoms with Crippen LogP contribution < -0.4 is 11.1 Å². The van der Waals surface area contributed by atoms with Crippen molar-refractivity contribution in [3.05, 3.63) is 69.8 Å². The van der Waals surface area contributed by atoms with Crippen molar-refractivity contribution in [2.45, 2.75) is 20.8 Å². The Morgan fingerprint density at radius 1 is 1.09 bits per heavy atom. The zero-order chi connectivity index (χ0) is 16.3. The van der Waals surface area contributed by atoms with E-state index in [-0.39, 0.29) is 5.84 Å². The topological polar surface area (TPSA) is 61.9 Å². The van der Waals surface area contributed by atoms with Crippen molar-refractivity contribution in [2.24, 2.45) is 5.73 Å². The van der Waals surface area contributed by atoms with Gasteiger partial charge in [-0.2, -0.15) is 0 Å². The summed E-state index contributed by atoms with van der Waals surface area (Å²) in [6, 6.07) is 11.7. The number of halogens is 1. The molecule has 0 unspecified atom stereocenters. The molecule has 4 heteroatoms. The molecule has 0 aliphatic heterocycles. The van der Waals surface area contributed by atoms with E-state index in [0.29, 0.717) is 5.02 Å². The molecule has 0 aliphatic carbocycles. The standard InChI is InChI=1S/C18H20ClN3/c1-11-8-12(2)18(13(3)9-11)22-16(10-17(20)21)14-4-6-15(19)7-5-14/h4-10,22H,1-3H3,(H3,20,21)/b16-10-. The highest BCUT2D eigenvalue weighted by Gasteiger charge is 2.08. The minimum atomic E-state index is -0.000122. The van der Waals surface area contributed by atoms with Crippen molar-refractivity contribution in [1.29, 1.82) is 5.41 Å². The zero-order valence-electron chi connectivity index (χ0n) is 13.0. The van der Waals surface area contributed by atoms with Crippen molar-refractivity contribution in [3.8, 4) is 0 Å². The van der Waals surface area contributed by atoms with E-state index in [2.05, 4.69) is 38.2 Å². The molecule has 0 amide bonds. The number of nitrogens with two attached hydrogens (primary N) is 1. The third kappa shape index (κ3) is 3.89. The Hall–Kier alpha value is -2.26. The number of aryl methyl sites for hydroxylation is 3. The van der Waals surface area contributed by atoms with Gasteiger partial charge in [-0.25, -0.2) is 0 Å². The van der Waals surface area contributed by atoms with Gasteiger partial charge in [0, 0.05) is 22.5 Å². The predicted octanol–water partition coefficient (Wildman–Crippen LogP) is 4.65. The van der Waals surface area contributed by atoms with Crippen LogP contribution in [0.2, 0.25) is 5.02 Å². The minimum absolute atomic E-state index is 0.000122. The molecule has 0 fully saturated rings. The largest absolute Gasteiger partial charge is 0.384 e. The Morgan fingerprint density at radius 3 is 2.14 bits per heavy atom. The average Bonchev–Trinajstić information content (AvgIpc) is 2.42. The third-order valence-electron chi connectivity index (χ3n) is 3.39. The molecule has 2 aromatic rings. The van der Waals surface area contributed by atoms with Crippen LogP contribution in [-0.2, 0) is 0 Å². The van der Waals surface area contributed by atoms with Crippen LogP contribution in [0.5, 0.6) is 0 Å². The Balaban J connectivity index is 2.45. The van der Waals surface area contributed by atoms with Crippen LogP contribution in [0, 0.1) is 26.2 Å². The lowest BCUT2D eigenvalue weighted by molar-refractivity contribution is 1.31. The molecule has 4 N–H and O–H groups in total. The van der Waals surface area contributed by atoms with Crippen molar-refractivity contribution in [1.82, 2.24) is 0 Å². The quantitative estimate of drug-likeness (QED) is 0.568. The second-order valence-electron chi connectivity index (χ2n) is 5.42. The lowest BCUT2D eigenvalue weighted by Crippen LogP contribution is -2.10. The number of anilines is 1. The van der Waals surface area contributed by atoms with E-state index < -0.39 is 0 Å². The Kier molecular flexibility index (Phi) is 4.88. The number of nitrogens with one attached hydrogen (secondary N) is 2. The van der Waals surface area contributed by atoms with Crippen LogP contribution in [-0.4, -0.2) is 5.84 Å². The molecule has 0 saturated carbocycles. The van der Waals surface area contributed by atoms with E-state index >= 15 is 0 Å². The fourth-order valence-corrected chi connectivity index (χ4v) is 2.61. The number of benzene rings is 2. The molecule has 0 radical (unpaired) electrons. The maximum atomic E-state index is 7.56. The molecule has 3 nitrogen and oxygen atoms in total. The van der Waals surface area contributed by atoms with Crippen LogP contribution in [0.4, 0.5) is 5.69 Å². The van der Waals surface area contributed by atoms with Gasteiger partial charge in [0.1, 0.15) is 5.84 Å². The van der Waals surface area contributed by atoms with Gasteiger partial charge in [-0.05, 0) is 49.6 Å². The van der Waals surface area contributed by atoms with Crippen LogP contribution in [0.25, 0.3) is 5.70 Å². The molecule has 0 heterocycles. The van der Waals surface area contributed by atoms with E-state index in [1.165, 1.54) is 5.56 Å². The summed E-state index contributed by atoms with van der Waals surface area (Å²) >= 11 is 5.94. The highest BCUT2D eigenvalue weighted by Crippen LogP contribution is 2.27. The third-order valence-corrected chi connectivity index (χ3v) is 3.64. The van der Waals surface area contributed by atoms with Gasteiger partial charge in [0.25, 0.3) is 0 Å². The van der Waals surface area contributed by atoms with Gasteiger partial charge in [-0.15, -0.1) is 0 Å². The molecule has 0 aliphatic rings. The van der Waals surface area contributed by atoms with Crippen LogP contribution in [0.1, 0.15) is 22.3 Å². The van der Waals surface area contributed by atoms with Crippen LogP contribution in [0.15, 0.2) is 42.5 Å². The molecule has 2 aromatic carbocycles. The molecular formula is C18H20ClN3. The van der Waals surface area contributed by atoms with E-state index in [0.717, 1.165) is 28.1 Å². The average molecular weight is 314 g/mol. The van der Waals surface area contributed by atoms with Crippen LogP contribution in [0.3, 0.4) is 0 Å². The van der Waals surface area contributed by atoms with E-state index in [1.54, 1.807) is 6.08 Å². The van der Waals surface area contributed by atoms with Gasteiger partial charge in [-0.3, -0.25) is 5.41 Å². The number of amidine groups is 1. The first kappa shape index (κ1) is 16.1. The number of rotatable bonds is 4. The number of hydrogen-bond acceptors (Lipinski definition) is 2. The number of hydrogen-bond donors (Lipinski definition) is 3. The SMILES string of the molecule is Cc1cc(C)c(N/C(=C\C(=N)N)c2ccc(Cl)cc2)c(C)c1. The summed E-state index contributed by atoms with van der Waals surface area (Å²) in [5.74, 6) is -0.000122. The Bertz CT molecular complexity index is 707. The molecule has 114 valence electrons. The highest BCUT2D eigenvalue weighted by atomic mass is 35.5. The molecule has 0 aromatic heterocycles. The van der Waals surface area contributed by atoms with Gasteiger partial charge in [0.2, 0.25) is 0 Å². The lowest BCUT2D eigenvalue weighted by Gasteiger charge is -2.17. The van der Waals surface area contributed by atoms with Gasteiger partial charge in [0.15, 0.2) is 0 Å². The minimum Gasteiger partial charge on any atom is -0.384 e. The summed E-state index contributed by atoms with van der Waals surface area (Å²) in [5, 5.41) is 11.6. The maximum Gasteiger partial charge on any atom is 0.117 e. The predicted molar refractivity (Wildman–Crippen MR) is 95.6 cm³/mol. The molecular weight excluding hydrogens is 294 g/mol. The molecule has 2 rings (SSSR count). The highest BCUT2D eigenvalue weighted by molar-refractivity contribution is 6.30. The fourth-order valence-electron chi connectivity index (χ4n) is 2.49. The molecule has 0 atom stereocenters. The summed E-state index contributed by atoms with van der Waals surface area (Å²) in [5.41, 5.74) is 11.8. The molecule has 22 heavy (non-hydrogen) atoms. The summed E-state index contributed by atoms with van der Waals surface area (Å²) in [6.07, 6.45) is 1.61. The summed E-state index contributed by atoms with van der Waals surface area (Å²) < 4.78 is 0. The van der Waals surface area contributed by atoms with Crippen molar-refractivity contribution < 1.29 is 0 Å². The van der Waals surface area contributed by atoms with Gasteiger partial charge in [0.05, 0.1) is 0 Å². The smallest absolute Gasteiger partial charge is 0.117 e. The maximum absolute atomic E-state index is 7.56. The second-order valence-corrected chi connectivity index (χ2v) is 5.86. The van der Waals surface area contributed by atoms with E-state index in [1.807, 2.05) is 24.3 Å². The molecule has 0 saturated heterocycles. The summed E-state index contributed by atoms with van der Waals surface area (Å²) in [6.45, 7) is 6.21. The monoisotopic (exact) mass is 313 g/mol. The lowest BCUT2D eigenvalue weighted by atomic mass is 10.0. The Labute approximate surface area is 136 Å². The van der Waals surface area contributed by atoms with Crippen LogP contribution >= 0.6 is 11.6 Å². The van der Waals surface area contributed by atoms with E-state index in [9.17, 15) is 0 Å². The Morgan fingerprint density at radius 2 is 1.64 bits per heavy atom. The van der Waals surface area contributed by atoms with Crippen molar-refractivity contribution in [3.63, 3.8) is 0 Å². The van der Waals surface area contributed by atoms with Crippen molar-refractivity contribution >= 4 is 28.8 Å². The van der Waals surface area contributed by atoms with Gasteiger partial charge >= 0.3 is 0 Å². The zero-order valence-corrected chi connectivity index (χ0v) is 13.8. The normalized spacial score (nSPS) is 11.4. The van der Waals surface area contributed by atoms with Gasteiger partial charge < -0.3 is 11.1 Å². The fraction of sp³-hybridized carbons (Fsp3) is 0.167. The van der Waals surface area contributed by atoms with E-state index in [4.69, 9.17) is 22.7 Å². The summed E-state index contributed by atoms with van der Waals surface area (Å²) in [7, 11) is 0. The molecule has 0 bridgehead atoms. The first-order chi connectivity index (χ1) is 10.4. The van der Waals surface area contributed by atoms with Crippen molar-refractivity contribution in [2.75, 3.05) is 5.32 Å². The summed E-state index contributed by atoms with van der Waals surface area (Å²) in [4.78, 5) is 0. The molecule has 0 spiro atoms. The van der Waals surface area contributed by atoms with Gasteiger partial charge in [-0.1, -0.05) is 41.4 Å².